The molecule has 1 N–H and O–H groups in total. The molecule has 0 aliphatic rings. The Hall–Kier alpha value is -0.0800. The average molecular weight is 187 g/mol. The van der Waals surface area contributed by atoms with Gasteiger partial charge in [0, 0.05) is 6.61 Å². The zero-order valence-electron chi connectivity index (χ0n) is 9.44. The molecule has 0 atom stereocenters. The molecule has 0 fully saturated rings. The Bertz CT molecular complexity index is 94.1. The second-order valence-corrected chi connectivity index (χ2v) is 3.73. The van der Waals surface area contributed by atoms with Crippen LogP contribution in [0.3, 0.4) is 0 Å². The van der Waals surface area contributed by atoms with E-state index in [2.05, 4.69) is 26.1 Å². The summed E-state index contributed by atoms with van der Waals surface area (Å²) in [5.41, 5.74) is 0. The molecule has 0 unspecified atom stereocenters. The summed E-state index contributed by atoms with van der Waals surface area (Å²) in [5.74, 6) is 0. The van der Waals surface area contributed by atoms with Gasteiger partial charge in [-0.05, 0) is 46.2 Å². The first-order chi connectivity index (χ1) is 6.27. The summed E-state index contributed by atoms with van der Waals surface area (Å²) in [7, 11) is 0. The number of unbranched alkanes of at least 4 members (excludes halogenated alkanes) is 2. The molecule has 0 aliphatic carbocycles. The van der Waals surface area contributed by atoms with Crippen LogP contribution in [-0.2, 0) is 4.74 Å². The van der Waals surface area contributed by atoms with E-state index in [1.165, 1.54) is 32.2 Å². The van der Waals surface area contributed by atoms with E-state index in [4.69, 9.17) is 4.74 Å². The highest BCUT2D eigenvalue weighted by atomic mass is 16.5. The zero-order valence-corrected chi connectivity index (χ0v) is 9.44. The van der Waals surface area contributed by atoms with Crippen LogP contribution in [0, 0.1) is 0 Å². The summed E-state index contributed by atoms with van der Waals surface area (Å²) < 4.78 is 5.44. The second-order valence-electron chi connectivity index (χ2n) is 3.73. The van der Waals surface area contributed by atoms with Crippen LogP contribution in [0.2, 0.25) is 0 Å². The average Bonchev–Trinajstić information content (AvgIpc) is 2.09. The highest BCUT2D eigenvalue weighted by Crippen LogP contribution is 1.93. The van der Waals surface area contributed by atoms with Crippen molar-refractivity contribution in [3.8, 4) is 0 Å². The third-order valence-electron chi connectivity index (χ3n) is 1.91. The Morgan fingerprint density at radius 1 is 1.08 bits per heavy atom. The van der Waals surface area contributed by atoms with Crippen LogP contribution in [-0.4, -0.2) is 25.8 Å². The lowest BCUT2D eigenvalue weighted by molar-refractivity contribution is 0.0760. The maximum atomic E-state index is 5.44. The summed E-state index contributed by atoms with van der Waals surface area (Å²) in [6.07, 6.45) is 5.37. The van der Waals surface area contributed by atoms with Crippen LogP contribution in [0.15, 0.2) is 0 Å². The van der Waals surface area contributed by atoms with Gasteiger partial charge < -0.3 is 10.1 Å². The molecule has 0 aromatic heterocycles. The number of hydrogen-bond donors (Lipinski definition) is 1. The van der Waals surface area contributed by atoms with Gasteiger partial charge in [0.25, 0.3) is 0 Å². The van der Waals surface area contributed by atoms with Crippen molar-refractivity contribution in [2.45, 2.75) is 52.6 Å². The Balaban J connectivity index is 2.84. The highest BCUT2D eigenvalue weighted by molar-refractivity contribution is 4.48. The predicted octanol–water partition coefficient (Wildman–Crippen LogP) is 2.58. The lowest BCUT2D eigenvalue weighted by Gasteiger charge is -2.07. The molecule has 80 valence electrons. The normalized spacial score (nSPS) is 11.1. The van der Waals surface area contributed by atoms with Gasteiger partial charge in [-0.1, -0.05) is 13.3 Å². The lowest BCUT2D eigenvalue weighted by atomic mass is 10.3. The van der Waals surface area contributed by atoms with Crippen molar-refractivity contribution in [1.29, 1.82) is 0 Å². The summed E-state index contributed by atoms with van der Waals surface area (Å²) in [5, 5.41) is 3.42. The molecular formula is C11H25NO. The van der Waals surface area contributed by atoms with Gasteiger partial charge in [-0.2, -0.15) is 0 Å². The van der Waals surface area contributed by atoms with E-state index in [0.717, 1.165) is 13.2 Å². The molecular weight excluding hydrogens is 162 g/mol. The van der Waals surface area contributed by atoms with Crippen LogP contribution >= 0.6 is 0 Å². The monoisotopic (exact) mass is 187 g/mol. The molecule has 0 radical (unpaired) electrons. The van der Waals surface area contributed by atoms with E-state index < -0.39 is 0 Å². The van der Waals surface area contributed by atoms with Crippen LogP contribution < -0.4 is 5.32 Å². The maximum Gasteiger partial charge on any atom is 0.0518 e. The molecule has 13 heavy (non-hydrogen) atoms. The molecule has 0 aliphatic heterocycles. The van der Waals surface area contributed by atoms with E-state index in [1.807, 2.05) is 0 Å². The van der Waals surface area contributed by atoms with Gasteiger partial charge in [0.05, 0.1) is 6.10 Å². The summed E-state index contributed by atoms with van der Waals surface area (Å²) in [6.45, 7) is 9.60. The van der Waals surface area contributed by atoms with Crippen molar-refractivity contribution in [2.24, 2.45) is 0 Å². The molecule has 0 saturated heterocycles. The molecule has 0 heterocycles. The van der Waals surface area contributed by atoms with Gasteiger partial charge in [-0.3, -0.25) is 0 Å². The Kier molecular flexibility index (Phi) is 9.94. The minimum Gasteiger partial charge on any atom is -0.379 e. The summed E-state index contributed by atoms with van der Waals surface area (Å²) in [4.78, 5) is 0. The SMILES string of the molecule is CCCCNCCCCOC(C)C. The van der Waals surface area contributed by atoms with Gasteiger partial charge in [0.2, 0.25) is 0 Å². The topological polar surface area (TPSA) is 21.3 Å². The van der Waals surface area contributed by atoms with E-state index in [-0.39, 0.29) is 0 Å². The van der Waals surface area contributed by atoms with E-state index >= 15 is 0 Å². The minimum absolute atomic E-state index is 0.382. The van der Waals surface area contributed by atoms with Gasteiger partial charge >= 0.3 is 0 Å². The second kappa shape index (κ2) is 10.0. The van der Waals surface area contributed by atoms with Crippen molar-refractivity contribution < 1.29 is 4.74 Å². The first-order valence-electron chi connectivity index (χ1n) is 5.59. The fourth-order valence-electron chi connectivity index (χ4n) is 1.10. The van der Waals surface area contributed by atoms with Gasteiger partial charge in [-0.15, -0.1) is 0 Å². The molecule has 0 aromatic carbocycles. The standard InChI is InChI=1S/C11H25NO/c1-4-5-8-12-9-6-7-10-13-11(2)3/h11-12H,4-10H2,1-3H3. The predicted molar refractivity (Wildman–Crippen MR) is 58.1 cm³/mol. The van der Waals surface area contributed by atoms with E-state index in [9.17, 15) is 0 Å². The van der Waals surface area contributed by atoms with Crippen molar-refractivity contribution in [3.05, 3.63) is 0 Å². The Morgan fingerprint density at radius 2 is 1.77 bits per heavy atom. The number of rotatable bonds is 9. The van der Waals surface area contributed by atoms with Crippen molar-refractivity contribution in [3.63, 3.8) is 0 Å². The van der Waals surface area contributed by atoms with Crippen LogP contribution in [0.5, 0.6) is 0 Å². The fraction of sp³-hybridized carbons (Fsp3) is 1.00. The minimum atomic E-state index is 0.382. The first kappa shape index (κ1) is 12.9. The highest BCUT2D eigenvalue weighted by Gasteiger charge is 1.92. The summed E-state index contributed by atoms with van der Waals surface area (Å²) >= 11 is 0. The van der Waals surface area contributed by atoms with Crippen molar-refractivity contribution >= 4 is 0 Å². The largest absolute Gasteiger partial charge is 0.379 e. The molecule has 0 amide bonds. The molecule has 0 aromatic rings. The molecule has 0 rings (SSSR count). The number of nitrogens with one attached hydrogen (secondary N) is 1. The van der Waals surface area contributed by atoms with Crippen molar-refractivity contribution in [2.75, 3.05) is 19.7 Å². The summed E-state index contributed by atoms with van der Waals surface area (Å²) in [6, 6.07) is 0. The van der Waals surface area contributed by atoms with E-state index in [1.54, 1.807) is 0 Å². The fourth-order valence-corrected chi connectivity index (χ4v) is 1.10. The molecule has 0 bridgehead atoms. The third kappa shape index (κ3) is 11.9. The number of ether oxygens (including phenoxy) is 1. The van der Waals surface area contributed by atoms with E-state index in [0.29, 0.717) is 6.10 Å². The Morgan fingerprint density at radius 3 is 2.38 bits per heavy atom. The van der Waals surface area contributed by atoms with Gasteiger partial charge in [0.1, 0.15) is 0 Å². The molecule has 2 heteroatoms. The van der Waals surface area contributed by atoms with Crippen LogP contribution in [0.1, 0.15) is 46.5 Å². The molecule has 2 nitrogen and oxygen atoms in total. The third-order valence-corrected chi connectivity index (χ3v) is 1.91. The van der Waals surface area contributed by atoms with Crippen LogP contribution in [0.4, 0.5) is 0 Å². The van der Waals surface area contributed by atoms with Gasteiger partial charge in [-0.25, -0.2) is 0 Å². The quantitative estimate of drug-likeness (QED) is 0.560. The molecule has 0 spiro atoms. The first-order valence-corrected chi connectivity index (χ1v) is 5.59. The van der Waals surface area contributed by atoms with Crippen LogP contribution in [0.25, 0.3) is 0 Å². The lowest BCUT2D eigenvalue weighted by Crippen LogP contribution is -2.17. The zero-order chi connectivity index (χ0) is 9.94. The maximum absolute atomic E-state index is 5.44. The van der Waals surface area contributed by atoms with Gasteiger partial charge in [0.15, 0.2) is 0 Å². The smallest absolute Gasteiger partial charge is 0.0518 e. The van der Waals surface area contributed by atoms with Crippen molar-refractivity contribution in [1.82, 2.24) is 5.32 Å². The molecule has 0 saturated carbocycles. The number of hydrogen-bond acceptors (Lipinski definition) is 2. The Labute approximate surface area is 83.1 Å².